The van der Waals surface area contributed by atoms with Crippen molar-refractivity contribution >= 4 is 17.9 Å². The molecule has 20 heavy (non-hydrogen) atoms. The van der Waals surface area contributed by atoms with Crippen LogP contribution in [0.5, 0.6) is 5.75 Å². The number of aromatic amines is 1. The van der Waals surface area contributed by atoms with Gasteiger partial charge in [0.15, 0.2) is 10.6 Å². The third kappa shape index (κ3) is 1.97. The Kier molecular flexibility index (Phi) is 3.01. The lowest BCUT2D eigenvalue weighted by Gasteiger charge is -2.09. The van der Waals surface area contributed by atoms with Crippen LogP contribution in [-0.2, 0) is 0 Å². The van der Waals surface area contributed by atoms with E-state index in [1.54, 1.807) is 12.1 Å². The van der Waals surface area contributed by atoms with E-state index < -0.39 is 4.92 Å². The Bertz CT molecular complexity index is 733. The number of hydrogen-bond donors (Lipinski definition) is 1. The number of aromatic nitrogens is 3. The summed E-state index contributed by atoms with van der Waals surface area (Å²) in [5.74, 6) is 0.784. The van der Waals surface area contributed by atoms with Crippen LogP contribution in [0.25, 0.3) is 11.4 Å². The molecule has 1 aliphatic rings. The maximum atomic E-state index is 11.1. The molecule has 0 aliphatic heterocycles. The van der Waals surface area contributed by atoms with E-state index in [-0.39, 0.29) is 11.4 Å². The molecule has 3 rings (SSSR count). The van der Waals surface area contributed by atoms with Gasteiger partial charge in [-0.1, -0.05) is 6.07 Å². The van der Waals surface area contributed by atoms with Gasteiger partial charge in [-0.2, -0.15) is 5.10 Å². The minimum atomic E-state index is -0.467. The number of para-hydroxylation sites is 1. The largest absolute Gasteiger partial charge is 0.490 e. The highest BCUT2D eigenvalue weighted by Crippen LogP contribution is 2.42. The van der Waals surface area contributed by atoms with Crippen molar-refractivity contribution in [1.82, 2.24) is 14.8 Å². The minimum absolute atomic E-state index is 0.0822. The van der Waals surface area contributed by atoms with Crippen LogP contribution >= 0.6 is 12.2 Å². The van der Waals surface area contributed by atoms with Crippen molar-refractivity contribution in [2.75, 3.05) is 7.11 Å². The van der Waals surface area contributed by atoms with Gasteiger partial charge in [-0.05, 0) is 31.1 Å². The molecule has 1 N–H and O–H groups in total. The van der Waals surface area contributed by atoms with Crippen LogP contribution in [0.1, 0.15) is 18.9 Å². The Balaban J connectivity index is 2.22. The van der Waals surface area contributed by atoms with Crippen molar-refractivity contribution in [3.63, 3.8) is 0 Å². The molecule has 0 bridgehead atoms. The zero-order valence-corrected chi connectivity index (χ0v) is 11.5. The zero-order chi connectivity index (χ0) is 14.3. The molecule has 8 heteroatoms. The molecule has 0 atom stereocenters. The molecule has 1 heterocycles. The van der Waals surface area contributed by atoms with Crippen LogP contribution in [0.15, 0.2) is 18.2 Å². The van der Waals surface area contributed by atoms with Gasteiger partial charge in [0.1, 0.15) is 0 Å². The molecule has 0 radical (unpaired) electrons. The van der Waals surface area contributed by atoms with E-state index >= 15 is 0 Å². The molecule has 1 aromatic carbocycles. The van der Waals surface area contributed by atoms with Gasteiger partial charge >= 0.3 is 5.69 Å². The van der Waals surface area contributed by atoms with Crippen molar-refractivity contribution in [1.29, 1.82) is 0 Å². The highest BCUT2D eigenvalue weighted by Gasteiger charge is 2.30. The van der Waals surface area contributed by atoms with Gasteiger partial charge in [-0.3, -0.25) is 19.8 Å². The molecular weight excluding hydrogens is 280 g/mol. The second-order valence-corrected chi connectivity index (χ2v) is 4.96. The van der Waals surface area contributed by atoms with E-state index in [1.807, 2.05) is 4.57 Å². The van der Waals surface area contributed by atoms with E-state index in [0.717, 1.165) is 12.8 Å². The summed E-state index contributed by atoms with van der Waals surface area (Å²) in [6.45, 7) is 0. The lowest BCUT2D eigenvalue weighted by atomic mass is 10.1. The summed E-state index contributed by atoms with van der Waals surface area (Å²) in [7, 11) is 1.41. The number of benzene rings is 1. The van der Waals surface area contributed by atoms with Crippen molar-refractivity contribution in [3.05, 3.63) is 33.1 Å². The van der Waals surface area contributed by atoms with Gasteiger partial charge in [-0.15, -0.1) is 0 Å². The van der Waals surface area contributed by atoms with Gasteiger partial charge in [0, 0.05) is 12.1 Å². The number of H-pyrrole nitrogens is 1. The zero-order valence-electron chi connectivity index (χ0n) is 10.7. The topological polar surface area (TPSA) is 86.0 Å². The van der Waals surface area contributed by atoms with Crippen LogP contribution in [0, 0.1) is 14.9 Å². The number of nitro groups is 1. The van der Waals surface area contributed by atoms with E-state index in [2.05, 4.69) is 10.2 Å². The Morgan fingerprint density at radius 1 is 1.55 bits per heavy atom. The number of nitrogens with zero attached hydrogens (tertiary/aromatic N) is 3. The third-order valence-electron chi connectivity index (χ3n) is 3.25. The Hall–Kier alpha value is -2.22. The lowest BCUT2D eigenvalue weighted by molar-refractivity contribution is -0.385. The second-order valence-electron chi connectivity index (χ2n) is 4.57. The summed E-state index contributed by atoms with van der Waals surface area (Å²) >= 11 is 5.22. The van der Waals surface area contributed by atoms with Gasteiger partial charge in [0.05, 0.1) is 17.6 Å². The van der Waals surface area contributed by atoms with Gasteiger partial charge in [0.2, 0.25) is 5.75 Å². The van der Waals surface area contributed by atoms with Crippen LogP contribution in [0.2, 0.25) is 0 Å². The fourth-order valence-electron chi connectivity index (χ4n) is 2.23. The predicted octanol–water partition coefficient (Wildman–Crippen LogP) is 2.86. The van der Waals surface area contributed by atoms with E-state index in [9.17, 15) is 10.1 Å². The van der Waals surface area contributed by atoms with Crippen molar-refractivity contribution in [2.45, 2.75) is 18.9 Å². The van der Waals surface area contributed by atoms with Gasteiger partial charge in [-0.25, -0.2) is 0 Å². The molecule has 1 aliphatic carbocycles. The molecule has 0 amide bonds. The number of nitrogens with one attached hydrogen (secondary N) is 1. The van der Waals surface area contributed by atoms with Gasteiger partial charge in [0.25, 0.3) is 0 Å². The second kappa shape index (κ2) is 4.71. The van der Waals surface area contributed by atoms with Gasteiger partial charge < -0.3 is 4.74 Å². The maximum absolute atomic E-state index is 11.1. The van der Waals surface area contributed by atoms with E-state index in [4.69, 9.17) is 17.0 Å². The first-order valence-electron chi connectivity index (χ1n) is 6.12. The van der Waals surface area contributed by atoms with Crippen LogP contribution in [-0.4, -0.2) is 26.8 Å². The molecule has 1 saturated carbocycles. The van der Waals surface area contributed by atoms with Crippen LogP contribution in [0.4, 0.5) is 5.69 Å². The fourth-order valence-corrected chi connectivity index (χ4v) is 2.51. The predicted molar refractivity (Wildman–Crippen MR) is 74.3 cm³/mol. The quantitative estimate of drug-likeness (QED) is 0.532. The highest BCUT2D eigenvalue weighted by molar-refractivity contribution is 7.71. The average molecular weight is 292 g/mol. The van der Waals surface area contributed by atoms with E-state index in [0.29, 0.717) is 22.2 Å². The first-order valence-corrected chi connectivity index (χ1v) is 6.53. The summed E-state index contributed by atoms with van der Waals surface area (Å²) in [6, 6.07) is 5.09. The van der Waals surface area contributed by atoms with E-state index in [1.165, 1.54) is 13.2 Å². The first-order chi connectivity index (χ1) is 9.63. The van der Waals surface area contributed by atoms with Crippen molar-refractivity contribution in [3.8, 4) is 17.1 Å². The fraction of sp³-hybridized carbons (Fsp3) is 0.333. The molecule has 1 aromatic heterocycles. The summed E-state index contributed by atoms with van der Waals surface area (Å²) in [6.07, 6.45) is 2.08. The molecule has 0 saturated heterocycles. The Morgan fingerprint density at radius 2 is 2.30 bits per heavy atom. The monoisotopic (exact) mass is 292 g/mol. The molecule has 1 fully saturated rings. The highest BCUT2D eigenvalue weighted by atomic mass is 32.1. The molecule has 104 valence electrons. The number of rotatable bonds is 4. The Morgan fingerprint density at radius 3 is 2.90 bits per heavy atom. The number of nitro benzene ring substituents is 1. The van der Waals surface area contributed by atoms with Crippen LogP contribution < -0.4 is 4.74 Å². The number of methoxy groups -OCH3 is 1. The Labute approximate surface area is 119 Å². The lowest BCUT2D eigenvalue weighted by Crippen LogP contribution is -2.01. The normalized spacial score (nSPS) is 14.2. The molecule has 0 spiro atoms. The molecule has 7 nitrogen and oxygen atoms in total. The van der Waals surface area contributed by atoms with Crippen molar-refractivity contribution in [2.24, 2.45) is 0 Å². The standard InChI is InChI=1S/C12H12N4O3S/c1-19-10-8(3-2-4-9(10)16(17)18)11-13-14-12(20)15(11)7-5-6-7/h2-4,7H,5-6H2,1H3,(H,14,20). The molecular formula is C12H12N4O3S. The first kappa shape index (κ1) is 12.8. The van der Waals surface area contributed by atoms with Crippen LogP contribution in [0.3, 0.4) is 0 Å². The summed E-state index contributed by atoms with van der Waals surface area (Å²) in [4.78, 5) is 10.6. The minimum Gasteiger partial charge on any atom is -0.490 e. The average Bonchev–Trinajstić information content (AvgIpc) is 3.20. The summed E-state index contributed by atoms with van der Waals surface area (Å²) in [5, 5.41) is 18.0. The SMILES string of the molecule is COc1c(-c2n[nH]c(=S)n2C2CC2)cccc1[N+](=O)[O-]. The smallest absolute Gasteiger partial charge is 0.311 e. The number of ether oxygens (including phenoxy) is 1. The molecule has 0 unspecified atom stereocenters. The maximum Gasteiger partial charge on any atom is 0.311 e. The summed E-state index contributed by atoms with van der Waals surface area (Å²) < 4.78 is 7.64. The number of hydrogen-bond acceptors (Lipinski definition) is 5. The van der Waals surface area contributed by atoms with Crippen molar-refractivity contribution < 1.29 is 9.66 Å². The third-order valence-corrected chi connectivity index (χ3v) is 3.54. The summed E-state index contributed by atoms with van der Waals surface area (Å²) in [5.41, 5.74) is 0.488. The molecule has 2 aromatic rings.